The van der Waals surface area contributed by atoms with Crippen LogP contribution in [0, 0.1) is 5.41 Å². The molecule has 118 valence electrons. The number of carbonyl (C=O) groups is 3. The fraction of sp³-hybridized carbons (Fsp3) is 0.667. The van der Waals surface area contributed by atoms with E-state index in [1.807, 2.05) is 20.8 Å². The van der Waals surface area contributed by atoms with Gasteiger partial charge in [0.1, 0.15) is 6.04 Å². The normalized spacial score (nSPS) is 19.0. The van der Waals surface area contributed by atoms with Crippen LogP contribution in [0.25, 0.3) is 0 Å². The van der Waals surface area contributed by atoms with E-state index in [1.54, 1.807) is 4.90 Å². The van der Waals surface area contributed by atoms with Gasteiger partial charge in [-0.05, 0) is 18.3 Å². The van der Waals surface area contributed by atoms with Gasteiger partial charge in [0.05, 0.1) is 0 Å². The molecule has 6 nitrogen and oxygen atoms in total. The smallest absolute Gasteiger partial charge is 0.328 e. The van der Waals surface area contributed by atoms with Crippen LogP contribution in [-0.4, -0.2) is 46.9 Å². The summed E-state index contributed by atoms with van der Waals surface area (Å²) < 4.78 is 0. The number of carboxylic acids is 1. The summed E-state index contributed by atoms with van der Waals surface area (Å²) in [7, 11) is 0. The first-order valence-corrected chi connectivity index (χ1v) is 7.17. The molecule has 0 radical (unpaired) electrons. The third-order valence-corrected chi connectivity index (χ3v) is 3.21. The number of nitrogens with zero attached hydrogens (tertiary/aromatic N) is 1. The predicted molar refractivity (Wildman–Crippen MR) is 78.6 cm³/mol. The average molecular weight is 296 g/mol. The minimum atomic E-state index is -1.05. The van der Waals surface area contributed by atoms with Crippen LogP contribution < -0.4 is 5.32 Å². The third-order valence-electron chi connectivity index (χ3n) is 3.21. The lowest BCUT2D eigenvalue weighted by molar-refractivity contribution is -0.139. The molecule has 1 fully saturated rings. The molecule has 0 aromatic rings. The Bertz CT molecular complexity index is 437. The first-order chi connectivity index (χ1) is 9.70. The summed E-state index contributed by atoms with van der Waals surface area (Å²) in [5.74, 6) is -1.27. The van der Waals surface area contributed by atoms with E-state index in [9.17, 15) is 14.4 Å². The minimum absolute atomic E-state index is 0.00114. The second-order valence-electron chi connectivity index (χ2n) is 6.47. The molecule has 1 atom stereocenters. The van der Waals surface area contributed by atoms with Crippen molar-refractivity contribution in [1.82, 2.24) is 10.2 Å². The van der Waals surface area contributed by atoms with Crippen LogP contribution >= 0.6 is 0 Å². The highest BCUT2D eigenvalue weighted by Crippen LogP contribution is 2.24. The molecule has 6 heteroatoms. The maximum absolute atomic E-state index is 12.2. The zero-order chi connectivity index (χ0) is 16.0. The highest BCUT2D eigenvalue weighted by Gasteiger charge is 2.34. The SMILES string of the molecule is CC(C)(C)CC(=O)N1CCCC1C(=O)NCC=CC(=O)O. The largest absolute Gasteiger partial charge is 0.478 e. The van der Waals surface area contributed by atoms with Gasteiger partial charge in [0.25, 0.3) is 0 Å². The Morgan fingerprint density at radius 1 is 1.33 bits per heavy atom. The summed E-state index contributed by atoms with van der Waals surface area (Å²) >= 11 is 0. The Labute approximate surface area is 125 Å². The molecule has 0 aromatic heterocycles. The lowest BCUT2D eigenvalue weighted by Gasteiger charge is -2.27. The van der Waals surface area contributed by atoms with Crippen LogP contribution in [0.3, 0.4) is 0 Å². The van der Waals surface area contributed by atoms with Gasteiger partial charge >= 0.3 is 5.97 Å². The molecule has 0 aromatic carbocycles. The van der Waals surface area contributed by atoms with Gasteiger partial charge in [-0.2, -0.15) is 0 Å². The van der Waals surface area contributed by atoms with E-state index in [-0.39, 0.29) is 23.8 Å². The summed E-state index contributed by atoms with van der Waals surface area (Å²) in [5.41, 5.74) is -0.106. The molecule has 1 heterocycles. The van der Waals surface area contributed by atoms with Gasteiger partial charge in [0.2, 0.25) is 11.8 Å². The van der Waals surface area contributed by atoms with Crippen molar-refractivity contribution in [1.29, 1.82) is 0 Å². The van der Waals surface area contributed by atoms with E-state index in [0.717, 1.165) is 12.5 Å². The zero-order valence-corrected chi connectivity index (χ0v) is 12.9. The average Bonchev–Trinajstić information content (AvgIpc) is 2.81. The Balaban J connectivity index is 2.54. The van der Waals surface area contributed by atoms with Crippen LogP contribution in [0.15, 0.2) is 12.2 Å². The number of aliphatic carboxylic acids is 1. The molecule has 1 saturated heterocycles. The number of carboxylic acid groups (broad SMARTS) is 1. The molecule has 0 aliphatic carbocycles. The number of likely N-dealkylation sites (tertiary alicyclic amines) is 1. The Kier molecular flexibility index (Phi) is 5.93. The number of amides is 2. The van der Waals surface area contributed by atoms with Crippen molar-refractivity contribution in [2.45, 2.75) is 46.1 Å². The molecule has 0 bridgehead atoms. The molecule has 1 aliphatic heterocycles. The van der Waals surface area contributed by atoms with Crippen molar-refractivity contribution in [3.63, 3.8) is 0 Å². The standard InChI is InChI=1S/C15H24N2O4/c1-15(2,3)10-12(18)17-9-5-6-11(17)14(21)16-8-4-7-13(19)20/h4,7,11H,5-6,8-10H2,1-3H3,(H,16,21)(H,19,20). The van der Waals surface area contributed by atoms with Crippen LogP contribution in [0.4, 0.5) is 0 Å². The maximum Gasteiger partial charge on any atom is 0.328 e. The summed E-state index contributed by atoms with van der Waals surface area (Å²) in [5, 5.41) is 11.1. The number of nitrogens with one attached hydrogen (secondary N) is 1. The molecule has 0 saturated carbocycles. The van der Waals surface area contributed by atoms with Gasteiger partial charge < -0.3 is 15.3 Å². The first kappa shape index (κ1) is 17.2. The lowest BCUT2D eigenvalue weighted by Crippen LogP contribution is -2.46. The molecule has 1 unspecified atom stereocenters. The predicted octanol–water partition coefficient (Wildman–Crippen LogP) is 1.17. The van der Waals surface area contributed by atoms with Gasteiger partial charge in [0, 0.05) is 25.6 Å². The van der Waals surface area contributed by atoms with E-state index in [2.05, 4.69) is 5.32 Å². The number of carbonyl (C=O) groups excluding carboxylic acids is 2. The Morgan fingerprint density at radius 2 is 2.00 bits per heavy atom. The summed E-state index contributed by atoms with van der Waals surface area (Å²) in [6.07, 6.45) is 4.24. The third kappa shape index (κ3) is 5.97. The molecule has 2 amide bonds. The van der Waals surface area contributed by atoms with E-state index in [1.165, 1.54) is 6.08 Å². The van der Waals surface area contributed by atoms with Gasteiger partial charge in [-0.15, -0.1) is 0 Å². The Hall–Kier alpha value is -1.85. The number of rotatable bonds is 5. The van der Waals surface area contributed by atoms with E-state index in [4.69, 9.17) is 5.11 Å². The van der Waals surface area contributed by atoms with Gasteiger partial charge in [0.15, 0.2) is 0 Å². The fourth-order valence-electron chi connectivity index (χ4n) is 2.33. The zero-order valence-electron chi connectivity index (χ0n) is 12.9. The number of hydrogen-bond acceptors (Lipinski definition) is 3. The monoisotopic (exact) mass is 296 g/mol. The summed E-state index contributed by atoms with van der Waals surface area (Å²) in [6.45, 7) is 6.74. The van der Waals surface area contributed by atoms with Gasteiger partial charge in [-0.3, -0.25) is 9.59 Å². The second-order valence-corrected chi connectivity index (χ2v) is 6.47. The molecule has 1 aliphatic rings. The quantitative estimate of drug-likeness (QED) is 0.746. The topological polar surface area (TPSA) is 86.7 Å². The lowest BCUT2D eigenvalue weighted by atomic mass is 9.91. The van der Waals surface area contributed by atoms with Crippen LogP contribution in [0.1, 0.15) is 40.0 Å². The molecule has 1 rings (SSSR count). The molecule has 0 spiro atoms. The molecule has 2 N–H and O–H groups in total. The van der Waals surface area contributed by atoms with Crippen molar-refractivity contribution in [3.05, 3.63) is 12.2 Å². The molecular formula is C15H24N2O4. The van der Waals surface area contributed by atoms with E-state index in [0.29, 0.717) is 19.4 Å². The van der Waals surface area contributed by atoms with Crippen molar-refractivity contribution in [3.8, 4) is 0 Å². The second kappa shape index (κ2) is 7.24. The van der Waals surface area contributed by atoms with E-state index >= 15 is 0 Å². The van der Waals surface area contributed by atoms with Crippen LogP contribution in [-0.2, 0) is 14.4 Å². The summed E-state index contributed by atoms with van der Waals surface area (Å²) in [4.78, 5) is 36.3. The van der Waals surface area contributed by atoms with Crippen molar-refractivity contribution >= 4 is 17.8 Å². The van der Waals surface area contributed by atoms with Crippen molar-refractivity contribution < 1.29 is 19.5 Å². The Morgan fingerprint density at radius 3 is 2.57 bits per heavy atom. The van der Waals surface area contributed by atoms with Crippen LogP contribution in [0.2, 0.25) is 0 Å². The molecular weight excluding hydrogens is 272 g/mol. The van der Waals surface area contributed by atoms with Crippen molar-refractivity contribution in [2.24, 2.45) is 5.41 Å². The van der Waals surface area contributed by atoms with E-state index < -0.39 is 12.0 Å². The van der Waals surface area contributed by atoms with Crippen LogP contribution in [0.5, 0.6) is 0 Å². The van der Waals surface area contributed by atoms with Gasteiger partial charge in [-0.1, -0.05) is 26.8 Å². The highest BCUT2D eigenvalue weighted by atomic mass is 16.4. The summed E-state index contributed by atoms with van der Waals surface area (Å²) in [6, 6.07) is -0.432. The number of hydrogen-bond donors (Lipinski definition) is 2. The first-order valence-electron chi connectivity index (χ1n) is 7.17. The highest BCUT2D eigenvalue weighted by molar-refractivity contribution is 5.88. The van der Waals surface area contributed by atoms with Crippen molar-refractivity contribution in [2.75, 3.05) is 13.1 Å². The fourth-order valence-corrected chi connectivity index (χ4v) is 2.33. The molecule has 21 heavy (non-hydrogen) atoms. The maximum atomic E-state index is 12.2. The minimum Gasteiger partial charge on any atom is -0.478 e. The van der Waals surface area contributed by atoms with Gasteiger partial charge in [-0.25, -0.2) is 4.79 Å².